The zero-order valence-electron chi connectivity index (χ0n) is 13.5. The topological polar surface area (TPSA) is 243 Å². The molecular formula is C12H32O12. The van der Waals surface area contributed by atoms with Crippen molar-refractivity contribution in [1.82, 2.24) is 0 Å². The number of aliphatic hydroxyl groups excluding tert-OH is 9. The summed E-state index contributed by atoms with van der Waals surface area (Å²) >= 11 is 0. The average Bonchev–Trinajstić information content (AvgIpc) is 2.60. The largest absolute Gasteiger partial charge is 0.394 e. The maximum Gasteiger partial charge on any atom is 0.274 e. The lowest BCUT2D eigenvalue weighted by molar-refractivity contribution is -0.312. The van der Waals surface area contributed by atoms with Crippen LogP contribution in [0.5, 0.6) is 0 Å². The highest BCUT2D eigenvalue weighted by molar-refractivity contribution is 4.44. The third-order valence-electron chi connectivity index (χ3n) is 1.74. The summed E-state index contributed by atoms with van der Waals surface area (Å²) in [6, 6.07) is 0. The maximum atomic E-state index is 8.17. The summed E-state index contributed by atoms with van der Waals surface area (Å²) in [4.78, 5) is 0. The van der Waals surface area contributed by atoms with Crippen LogP contribution in [0.2, 0.25) is 0 Å². The van der Waals surface area contributed by atoms with Gasteiger partial charge < -0.3 is 61.3 Å². The van der Waals surface area contributed by atoms with Crippen molar-refractivity contribution in [3.05, 3.63) is 0 Å². The van der Waals surface area contributed by atoms with Crippen molar-refractivity contribution < 1.29 is 61.3 Å². The second kappa shape index (κ2) is 22.5. The van der Waals surface area contributed by atoms with Gasteiger partial charge in [-0.3, -0.25) is 0 Å². The number of hydrogen-bond acceptors (Lipinski definition) is 12. The Balaban J connectivity index is -0.000000111. The molecule has 0 amide bonds. The lowest BCUT2D eigenvalue weighted by atomic mass is 10.4. The molecule has 0 aromatic rings. The molecule has 0 saturated heterocycles. The summed E-state index contributed by atoms with van der Waals surface area (Å²) in [5.41, 5.74) is 0. The van der Waals surface area contributed by atoms with E-state index in [9.17, 15) is 0 Å². The van der Waals surface area contributed by atoms with Crippen LogP contribution >= 0.6 is 0 Å². The van der Waals surface area contributed by atoms with Crippen LogP contribution in [0.1, 0.15) is 13.3 Å². The molecule has 12 nitrogen and oxygen atoms in total. The fourth-order valence-electron chi connectivity index (χ4n) is 0.173. The highest BCUT2D eigenvalue weighted by Crippen LogP contribution is 1.95. The molecule has 0 rings (SSSR count). The Hall–Kier alpha value is -0.480. The molecule has 152 valence electrons. The molecule has 0 fully saturated rings. The molecule has 0 bridgehead atoms. The van der Waals surface area contributed by atoms with Gasteiger partial charge in [0.25, 0.3) is 5.97 Å². The van der Waals surface area contributed by atoms with Crippen LogP contribution in [0.15, 0.2) is 0 Å². The van der Waals surface area contributed by atoms with Crippen LogP contribution < -0.4 is 0 Å². The molecule has 0 spiro atoms. The van der Waals surface area contributed by atoms with Gasteiger partial charge in [0.05, 0.1) is 39.6 Å². The van der Waals surface area contributed by atoms with E-state index in [0.29, 0.717) is 0 Å². The number of aliphatic hydroxyl groups is 12. The lowest BCUT2D eigenvalue weighted by Crippen LogP contribution is -2.24. The zero-order chi connectivity index (χ0) is 20.2. The summed E-state index contributed by atoms with van der Waals surface area (Å²) in [6.07, 6.45) is -2.92. The zero-order valence-corrected chi connectivity index (χ0v) is 13.5. The quantitative estimate of drug-likeness (QED) is 0.188. The first-order valence-corrected chi connectivity index (χ1v) is 6.85. The summed E-state index contributed by atoms with van der Waals surface area (Å²) in [6.45, 7) is -0.729. The smallest absolute Gasteiger partial charge is 0.274 e. The van der Waals surface area contributed by atoms with Crippen molar-refractivity contribution in [3.63, 3.8) is 0 Å². The fourth-order valence-corrected chi connectivity index (χ4v) is 0.173. The average molecular weight is 368 g/mol. The van der Waals surface area contributed by atoms with Crippen molar-refractivity contribution >= 4 is 0 Å². The normalized spacial score (nSPS) is 10.5. The molecule has 0 atom stereocenters. The van der Waals surface area contributed by atoms with Crippen LogP contribution in [0.4, 0.5) is 0 Å². The van der Waals surface area contributed by atoms with E-state index in [-0.39, 0.29) is 46.1 Å². The highest BCUT2D eigenvalue weighted by atomic mass is 16.7. The van der Waals surface area contributed by atoms with Crippen LogP contribution in [-0.4, -0.2) is 125 Å². The first kappa shape index (κ1) is 31.3. The minimum atomic E-state index is -2.46. The van der Waals surface area contributed by atoms with Crippen LogP contribution in [-0.2, 0) is 0 Å². The van der Waals surface area contributed by atoms with Crippen LogP contribution in [0.3, 0.4) is 0 Å². The van der Waals surface area contributed by atoms with Crippen molar-refractivity contribution in [2.45, 2.75) is 37.6 Å². The van der Waals surface area contributed by atoms with Gasteiger partial charge in [0, 0.05) is 6.42 Å². The standard InChI is InChI=1S/4C3H8O3/c3*4-1-3(6)2-5;1-2-3(4,5)6/h3*3-6H,1-2H2;4-6H,2H2,1H3. The molecule has 0 saturated carbocycles. The summed E-state index contributed by atoms with van der Waals surface area (Å²) in [7, 11) is 0. The van der Waals surface area contributed by atoms with Crippen molar-refractivity contribution in [3.8, 4) is 0 Å². The van der Waals surface area contributed by atoms with Gasteiger partial charge in [0.15, 0.2) is 0 Å². The Labute approximate surface area is 139 Å². The van der Waals surface area contributed by atoms with Crippen molar-refractivity contribution in [2.75, 3.05) is 39.6 Å². The van der Waals surface area contributed by atoms with Crippen molar-refractivity contribution in [2.24, 2.45) is 0 Å². The van der Waals surface area contributed by atoms with E-state index in [1.54, 1.807) is 0 Å². The predicted octanol–water partition coefficient (Wildman–Crippen LogP) is -5.98. The lowest BCUT2D eigenvalue weighted by Gasteiger charge is -2.08. The monoisotopic (exact) mass is 368 g/mol. The first-order chi connectivity index (χ1) is 11.0. The molecule has 0 aromatic heterocycles. The molecule has 0 unspecified atom stereocenters. The van der Waals surface area contributed by atoms with Gasteiger partial charge in [-0.15, -0.1) is 0 Å². The van der Waals surface area contributed by atoms with E-state index in [4.69, 9.17) is 61.3 Å². The van der Waals surface area contributed by atoms with Gasteiger partial charge in [0.2, 0.25) is 0 Å². The molecule has 12 N–H and O–H groups in total. The van der Waals surface area contributed by atoms with Gasteiger partial charge in [-0.05, 0) is 0 Å². The molecule has 0 heterocycles. The first-order valence-electron chi connectivity index (χ1n) is 6.85. The van der Waals surface area contributed by atoms with Gasteiger partial charge in [-0.25, -0.2) is 0 Å². The number of rotatable bonds is 7. The summed E-state index contributed by atoms with van der Waals surface area (Å²) < 4.78 is 0. The van der Waals surface area contributed by atoms with Crippen molar-refractivity contribution in [1.29, 1.82) is 0 Å². The molecule has 0 aliphatic heterocycles. The second-order valence-corrected chi connectivity index (χ2v) is 4.18. The van der Waals surface area contributed by atoms with E-state index in [2.05, 4.69) is 0 Å². The summed E-state index contributed by atoms with van der Waals surface area (Å²) in [5, 5.41) is 95.9. The molecule has 12 heteroatoms. The maximum absolute atomic E-state index is 8.17. The van der Waals surface area contributed by atoms with Crippen LogP contribution in [0, 0.1) is 0 Å². The predicted molar refractivity (Wildman–Crippen MR) is 80.2 cm³/mol. The Kier molecular flexibility index (Phi) is 29.4. The minimum absolute atomic E-state index is 0.0625. The molecule has 0 aliphatic carbocycles. The molecule has 24 heavy (non-hydrogen) atoms. The fraction of sp³-hybridized carbons (Fsp3) is 1.00. The van der Waals surface area contributed by atoms with Crippen LogP contribution in [0.25, 0.3) is 0 Å². The minimum Gasteiger partial charge on any atom is -0.394 e. The van der Waals surface area contributed by atoms with E-state index in [1.807, 2.05) is 0 Å². The van der Waals surface area contributed by atoms with Gasteiger partial charge in [0.1, 0.15) is 18.3 Å². The third kappa shape index (κ3) is 43.0. The number of hydrogen-bond donors (Lipinski definition) is 12. The molecule has 0 aliphatic rings. The Bertz CT molecular complexity index is 175. The third-order valence-corrected chi connectivity index (χ3v) is 1.74. The molecule has 0 aromatic carbocycles. The molecular weight excluding hydrogens is 336 g/mol. The highest BCUT2D eigenvalue weighted by Gasteiger charge is 2.11. The SMILES string of the molecule is CCC(O)(O)O.OCC(O)CO.OCC(O)CO.OCC(O)CO. The van der Waals surface area contributed by atoms with Gasteiger partial charge >= 0.3 is 0 Å². The Morgan fingerprint density at radius 1 is 0.542 bits per heavy atom. The summed E-state index contributed by atoms with van der Waals surface area (Å²) in [5.74, 6) is -2.46. The molecule has 0 radical (unpaired) electrons. The van der Waals surface area contributed by atoms with Gasteiger partial charge in [-0.2, -0.15) is 0 Å². The van der Waals surface area contributed by atoms with E-state index in [0.717, 1.165) is 0 Å². The van der Waals surface area contributed by atoms with E-state index < -0.39 is 24.3 Å². The van der Waals surface area contributed by atoms with Gasteiger partial charge in [-0.1, -0.05) is 6.92 Å². The van der Waals surface area contributed by atoms with E-state index in [1.165, 1.54) is 6.92 Å². The second-order valence-electron chi connectivity index (χ2n) is 4.18. The Morgan fingerprint density at radius 2 is 0.667 bits per heavy atom. The Morgan fingerprint density at radius 3 is 0.667 bits per heavy atom. The van der Waals surface area contributed by atoms with E-state index >= 15 is 0 Å².